The van der Waals surface area contributed by atoms with E-state index < -0.39 is 0 Å². The van der Waals surface area contributed by atoms with E-state index >= 15 is 0 Å². The third-order valence-electron chi connectivity index (χ3n) is 3.02. The number of hydrogen-bond acceptors (Lipinski definition) is 2. The van der Waals surface area contributed by atoms with Gasteiger partial charge in [0.1, 0.15) is 0 Å². The van der Waals surface area contributed by atoms with E-state index in [1.165, 1.54) is 11.1 Å². The quantitative estimate of drug-likeness (QED) is 0.878. The summed E-state index contributed by atoms with van der Waals surface area (Å²) in [5.74, 6) is 0. The number of benzene rings is 1. The molecule has 1 rings (SSSR count). The van der Waals surface area contributed by atoms with Crippen molar-refractivity contribution in [2.24, 2.45) is 5.41 Å². The smallest absolute Gasteiger partial charge is 0.0697 e. The molecule has 0 heterocycles. The van der Waals surface area contributed by atoms with Gasteiger partial charge in [-0.2, -0.15) is 5.26 Å². The highest BCUT2D eigenvalue weighted by atomic mass is 14.9. The molecule has 0 radical (unpaired) electrons. The third-order valence-corrected chi connectivity index (χ3v) is 3.02. The second-order valence-electron chi connectivity index (χ2n) is 6.55. The lowest BCUT2D eigenvalue weighted by Crippen LogP contribution is -2.27. The van der Waals surface area contributed by atoms with Gasteiger partial charge in [0, 0.05) is 13.1 Å². The van der Waals surface area contributed by atoms with Gasteiger partial charge in [0.05, 0.1) is 11.5 Å². The highest BCUT2D eigenvalue weighted by molar-refractivity contribution is 5.27. The van der Waals surface area contributed by atoms with Gasteiger partial charge in [0.25, 0.3) is 0 Å². The molecule has 0 aromatic heterocycles. The maximum Gasteiger partial charge on any atom is 0.0697 e. The second kappa shape index (κ2) is 5.54. The molecule has 0 saturated carbocycles. The second-order valence-corrected chi connectivity index (χ2v) is 6.55. The van der Waals surface area contributed by atoms with Crippen molar-refractivity contribution in [2.45, 2.75) is 46.6 Å². The van der Waals surface area contributed by atoms with E-state index in [0.29, 0.717) is 6.54 Å². The minimum absolute atomic E-state index is 0.203. The number of nitriles is 1. The molecule has 0 aliphatic carbocycles. The molecule has 2 nitrogen and oxygen atoms in total. The highest BCUT2D eigenvalue weighted by Gasteiger charge is 2.16. The summed E-state index contributed by atoms with van der Waals surface area (Å²) < 4.78 is 0. The molecule has 1 aromatic rings. The lowest BCUT2D eigenvalue weighted by Gasteiger charge is -2.19. The SMILES string of the molecule is CC(C)(C#N)CNCc1ccc(C(C)(C)C)cc1. The molecule has 0 amide bonds. The Hall–Kier alpha value is -1.33. The van der Waals surface area contributed by atoms with Crippen LogP contribution >= 0.6 is 0 Å². The molecular weight excluding hydrogens is 220 g/mol. The molecule has 0 fully saturated rings. The summed E-state index contributed by atoms with van der Waals surface area (Å²) >= 11 is 0. The van der Waals surface area contributed by atoms with Crippen LogP contribution in [0.4, 0.5) is 0 Å². The van der Waals surface area contributed by atoms with Crippen LogP contribution in [0.3, 0.4) is 0 Å². The van der Waals surface area contributed by atoms with Gasteiger partial charge in [0.2, 0.25) is 0 Å². The molecule has 98 valence electrons. The molecular formula is C16H24N2. The van der Waals surface area contributed by atoms with Gasteiger partial charge in [-0.25, -0.2) is 0 Å². The van der Waals surface area contributed by atoms with Crippen LogP contribution in [0.5, 0.6) is 0 Å². The molecule has 0 saturated heterocycles. The molecule has 1 aromatic carbocycles. The van der Waals surface area contributed by atoms with E-state index in [1.807, 2.05) is 13.8 Å². The Morgan fingerprint density at radius 3 is 2.06 bits per heavy atom. The zero-order valence-corrected chi connectivity index (χ0v) is 12.2. The number of nitrogens with one attached hydrogen (secondary N) is 1. The molecule has 18 heavy (non-hydrogen) atoms. The Morgan fingerprint density at radius 1 is 1.06 bits per heavy atom. The van der Waals surface area contributed by atoms with Crippen molar-refractivity contribution in [3.63, 3.8) is 0 Å². The summed E-state index contributed by atoms with van der Waals surface area (Å²) in [5, 5.41) is 12.3. The monoisotopic (exact) mass is 244 g/mol. The van der Waals surface area contributed by atoms with Gasteiger partial charge in [-0.05, 0) is 30.4 Å². The van der Waals surface area contributed by atoms with E-state index in [4.69, 9.17) is 5.26 Å². The fourth-order valence-corrected chi connectivity index (χ4v) is 1.68. The van der Waals surface area contributed by atoms with Crippen LogP contribution in [-0.2, 0) is 12.0 Å². The van der Waals surface area contributed by atoms with Crippen molar-refractivity contribution < 1.29 is 0 Å². The van der Waals surface area contributed by atoms with Gasteiger partial charge >= 0.3 is 0 Å². The topological polar surface area (TPSA) is 35.8 Å². The van der Waals surface area contributed by atoms with Gasteiger partial charge in [0.15, 0.2) is 0 Å². The van der Waals surface area contributed by atoms with Gasteiger partial charge < -0.3 is 5.32 Å². The van der Waals surface area contributed by atoms with Crippen LogP contribution < -0.4 is 5.32 Å². The summed E-state index contributed by atoms with van der Waals surface area (Å²) in [5.41, 5.74) is 2.51. The Bertz CT molecular complexity index is 416. The molecule has 0 spiro atoms. The molecule has 0 bridgehead atoms. The lowest BCUT2D eigenvalue weighted by molar-refractivity contribution is 0.445. The average molecular weight is 244 g/mol. The summed E-state index contributed by atoms with van der Waals surface area (Å²) in [6.45, 7) is 12.1. The summed E-state index contributed by atoms with van der Waals surface area (Å²) in [4.78, 5) is 0. The van der Waals surface area contributed by atoms with Crippen LogP contribution in [0.15, 0.2) is 24.3 Å². The molecule has 2 heteroatoms. The molecule has 1 N–H and O–H groups in total. The van der Waals surface area contributed by atoms with Crippen LogP contribution in [0.1, 0.15) is 45.7 Å². The van der Waals surface area contributed by atoms with E-state index in [0.717, 1.165) is 6.54 Å². The first-order valence-electron chi connectivity index (χ1n) is 6.46. The summed E-state index contributed by atoms with van der Waals surface area (Å²) in [6.07, 6.45) is 0. The van der Waals surface area contributed by atoms with E-state index in [9.17, 15) is 0 Å². The first-order valence-corrected chi connectivity index (χ1v) is 6.46. The van der Waals surface area contributed by atoms with Crippen LogP contribution in [0.2, 0.25) is 0 Å². The Labute approximate surface area is 111 Å². The van der Waals surface area contributed by atoms with Crippen molar-refractivity contribution in [1.29, 1.82) is 5.26 Å². The van der Waals surface area contributed by atoms with Crippen LogP contribution in [0, 0.1) is 16.7 Å². The van der Waals surface area contributed by atoms with E-state index in [2.05, 4.69) is 56.4 Å². The predicted octanol–water partition coefficient (Wildman–Crippen LogP) is 3.62. The largest absolute Gasteiger partial charge is 0.311 e. The average Bonchev–Trinajstić information content (AvgIpc) is 2.28. The molecule has 0 aliphatic heterocycles. The summed E-state index contributed by atoms with van der Waals surface area (Å²) in [7, 11) is 0. The Balaban J connectivity index is 2.53. The standard InChI is InChI=1S/C16H24N2/c1-15(2,3)14-8-6-13(7-9-14)10-18-12-16(4,5)11-17/h6-9,18H,10,12H2,1-5H3. The molecule has 0 atom stereocenters. The number of hydrogen-bond donors (Lipinski definition) is 1. The first kappa shape index (κ1) is 14.7. The van der Waals surface area contributed by atoms with Gasteiger partial charge in [-0.15, -0.1) is 0 Å². The maximum atomic E-state index is 8.93. The van der Waals surface area contributed by atoms with Crippen LogP contribution in [0.25, 0.3) is 0 Å². The van der Waals surface area contributed by atoms with E-state index in [1.54, 1.807) is 0 Å². The molecule has 0 unspecified atom stereocenters. The Kier molecular flexibility index (Phi) is 4.53. The fraction of sp³-hybridized carbons (Fsp3) is 0.562. The van der Waals surface area contributed by atoms with Gasteiger partial charge in [-0.1, -0.05) is 45.0 Å². The minimum Gasteiger partial charge on any atom is -0.311 e. The minimum atomic E-state index is -0.300. The highest BCUT2D eigenvalue weighted by Crippen LogP contribution is 2.22. The van der Waals surface area contributed by atoms with E-state index in [-0.39, 0.29) is 10.8 Å². The van der Waals surface area contributed by atoms with Crippen molar-refractivity contribution in [1.82, 2.24) is 5.32 Å². The van der Waals surface area contributed by atoms with Crippen molar-refractivity contribution in [3.8, 4) is 6.07 Å². The predicted molar refractivity (Wildman–Crippen MR) is 76.2 cm³/mol. The van der Waals surface area contributed by atoms with Gasteiger partial charge in [-0.3, -0.25) is 0 Å². The zero-order chi connectivity index (χ0) is 13.8. The summed E-state index contributed by atoms with van der Waals surface area (Å²) in [6, 6.07) is 11.0. The van der Waals surface area contributed by atoms with Crippen LogP contribution in [-0.4, -0.2) is 6.54 Å². The van der Waals surface area contributed by atoms with Crippen molar-refractivity contribution in [2.75, 3.05) is 6.54 Å². The number of rotatable bonds is 4. The maximum absolute atomic E-state index is 8.93. The lowest BCUT2D eigenvalue weighted by atomic mass is 9.87. The zero-order valence-electron chi connectivity index (χ0n) is 12.2. The molecule has 0 aliphatic rings. The fourth-order valence-electron chi connectivity index (χ4n) is 1.68. The normalized spacial score (nSPS) is 12.2. The Morgan fingerprint density at radius 2 is 1.61 bits per heavy atom. The third kappa shape index (κ3) is 4.50. The first-order chi connectivity index (χ1) is 8.24. The van der Waals surface area contributed by atoms with Crippen molar-refractivity contribution >= 4 is 0 Å². The number of nitrogens with zero attached hydrogens (tertiary/aromatic N) is 1. The van der Waals surface area contributed by atoms with Crippen molar-refractivity contribution in [3.05, 3.63) is 35.4 Å².